The second-order valence-corrected chi connectivity index (χ2v) is 6.82. The third-order valence-corrected chi connectivity index (χ3v) is 5.24. The van der Waals surface area contributed by atoms with Crippen molar-refractivity contribution in [3.8, 4) is 0 Å². The third-order valence-electron chi connectivity index (χ3n) is 5.24. The number of para-hydroxylation sites is 2. The van der Waals surface area contributed by atoms with E-state index < -0.39 is 0 Å². The molecule has 0 N–H and O–H groups in total. The molecule has 1 saturated heterocycles. The van der Waals surface area contributed by atoms with Gasteiger partial charge in [-0.3, -0.25) is 9.78 Å². The van der Waals surface area contributed by atoms with Crippen molar-refractivity contribution in [3.05, 3.63) is 64.7 Å². The van der Waals surface area contributed by atoms with E-state index in [1.54, 1.807) is 6.07 Å². The van der Waals surface area contributed by atoms with Crippen LogP contribution in [0.15, 0.2) is 53.5 Å². The molecule has 120 valence electrons. The summed E-state index contributed by atoms with van der Waals surface area (Å²) < 4.78 is 1.96. The van der Waals surface area contributed by atoms with Crippen LogP contribution in [0.25, 0.3) is 11.0 Å². The fraction of sp³-hybridized carbons (Fsp3) is 0.316. The fourth-order valence-electron chi connectivity index (χ4n) is 4.18. The van der Waals surface area contributed by atoms with Crippen LogP contribution in [-0.2, 0) is 6.54 Å². The lowest BCUT2D eigenvalue weighted by molar-refractivity contribution is 0.280. The summed E-state index contributed by atoms with van der Waals surface area (Å²) in [5, 5.41) is 0. The van der Waals surface area contributed by atoms with Crippen LogP contribution in [0.2, 0.25) is 0 Å². The maximum atomic E-state index is 12.1. The Balaban J connectivity index is 1.52. The molecule has 5 nitrogen and oxygen atoms in total. The van der Waals surface area contributed by atoms with Crippen molar-refractivity contribution in [2.24, 2.45) is 5.92 Å². The fourth-order valence-corrected chi connectivity index (χ4v) is 4.18. The van der Waals surface area contributed by atoms with E-state index in [1.165, 1.54) is 0 Å². The Kier molecular flexibility index (Phi) is 2.95. The molecule has 0 unspecified atom stereocenters. The van der Waals surface area contributed by atoms with E-state index in [0.29, 0.717) is 11.8 Å². The second kappa shape index (κ2) is 5.16. The largest absolute Gasteiger partial charge is 0.354 e. The first kappa shape index (κ1) is 13.7. The van der Waals surface area contributed by atoms with Gasteiger partial charge in [-0.2, -0.15) is 0 Å². The number of anilines is 1. The smallest absolute Gasteiger partial charge is 0.250 e. The van der Waals surface area contributed by atoms with Gasteiger partial charge in [0.05, 0.1) is 17.2 Å². The van der Waals surface area contributed by atoms with Gasteiger partial charge < -0.3 is 9.47 Å². The minimum atomic E-state index is 0.126. The van der Waals surface area contributed by atoms with Crippen LogP contribution in [0, 0.1) is 5.92 Å². The van der Waals surface area contributed by atoms with Crippen LogP contribution in [0.3, 0.4) is 0 Å². The number of aromatic nitrogens is 3. The lowest BCUT2D eigenvalue weighted by Crippen LogP contribution is -2.47. The zero-order valence-corrected chi connectivity index (χ0v) is 13.3. The first-order chi connectivity index (χ1) is 11.8. The van der Waals surface area contributed by atoms with Gasteiger partial charge in [0.1, 0.15) is 5.82 Å². The Labute approximate surface area is 139 Å². The number of rotatable bonds is 1. The van der Waals surface area contributed by atoms with E-state index >= 15 is 0 Å². The third kappa shape index (κ3) is 2.12. The quantitative estimate of drug-likeness (QED) is 0.691. The van der Waals surface area contributed by atoms with E-state index in [2.05, 4.69) is 16.0 Å². The number of fused-ring (bicyclic) bond motifs is 5. The molecule has 0 spiro atoms. The summed E-state index contributed by atoms with van der Waals surface area (Å²) in [5.74, 6) is 1.82. The first-order valence-electron chi connectivity index (χ1n) is 8.44. The molecule has 5 heteroatoms. The van der Waals surface area contributed by atoms with Gasteiger partial charge in [0, 0.05) is 37.3 Å². The molecule has 2 aromatic heterocycles. The predicted molar refractivity (Wildman–Crippen MR) is 93.3 cm³/mol. The van der Waals surface area contributed by atoms with Gasteiger partial charge in [-0.15, -0.1) is 0 Å². The number of benzene rings is 1. The maximum Gasteiger partial charge on any atom is 0.250 e. The summed E-state index contributed by atoms with van der Waals surface area (Å²) in [6, 6.07) is 13.6. The van der Waals surface area contributed by atoms with Gasteiger partial charge in [0.25, 0.3) is 5.56 Å². The van der Waals surface area contributed by atoms with Crippen LogP contribution < -0.4 is 10.5 Å². The molecule has 0 saturated carbocycles. The molecular formula is C19H18N4O. The van der Waals surface area contributed by atoms with Crippen molar-refractivity contribution in [3.63, 3.8) is 0 Å². The summed E-state index contributed by atoms with van der Waals surface area (Å²) in [7, 11) is 0. The van der Waals surface area contributed by atoms with Crippen molar-refractivity contribution in [2.75, 3.05) is 18.0 Å². The van der Waals surface area contributed by atoms with Crippen molar-refractivity contribution < 1.29 is 0 Å². The Hall–Kier alpha value is -2.69. The van der Waals surface area contributed by atoms with Crippen LogP contribution in [0.4, 0.5) is 5.82 Å². The van der Waals surface area contributed by atoms with E-state index in [0.717, 1.165) is 48.6 Å². The highest BCUT2D eigenvalue weighted by molar-refractivity contribution is 5.75. The molecular weight excluding hydrogens is 300 g/mol. The van der Waals surface area contributed by atoms with Gasteiger partial charge in [-0.05, 0) is 30.5 Å². The molecule has 2 bridgehead atoms. The van der Waals surface area contributed by atoms with Crippen molar-refractivity contribution >= 4 is 16.9 Å². The average molecular weight is 318 g/mol. The SMILES string of the molecule is O=c1cccc2n1C[C@H]1C[C@@H]2CN(c2cnc3ccccc3n2)C1. The van der Waals surface area contributed by atoms with Gasteiger partial charge in [-0.25, -0.2) is 4.98 Å². The summed E-state index contributed by atoms with van der Waals surface area (Å²) in [4.78, 5) is 23.8. The topological polar surface area (TPSA) is 51.0 Å². The lowest BCUT2D eigenvalue weighted by Gasteiger charge is -2.43. The molecule has 2 aliphatic rings. The van der Waals surface area contributed by atoms with Crippen molar-refractivity contribution in [1.29, 1.82) is 0 Å². The van der Waals surface area contributed by atoms with Crippen molar-refractivity contribution in [1.82, 2.24) is 14.5 Å². The molecule has 2 atom stereocenters. The number of pyridine rings is 1. The second-order valence-electron chi connectivity index (χ2n) is 6.82. The molecule has 3 aromatic rings. The van der Waals surface area contributed by atoms with Gasteiger partial charge >= 0.3 is 0 Å². The highest BCUT2D eigenvalue weighted by Crippen LogP contribution is 2.36. The average Bonchev–Trinajstić information content (AvgIpc) is 2.62. The predicted octanol–water partition coefficient (Wildman–Crippen LogP) is 2.42. The summed E-state index contributed by atoms with van der Waals surface area (Å²) in [5.41, 5.74) is 3.15. The highest BCUT2D eigenvalue weighted by Gasteiger charge is 2.35. The highest BCUT2D eigenvalue weighted by atomic mass is 16.1. The Morgan fingerprint density at radius 2 is 1.83 bits per heavy atom. The van der Waals surface area contributed by atoms with Crippen LogP contribution in [-0.4, -0.2) is 27.6 Å². The van der Waals surface area contributed by atoms with Gasteiger partial charge in [0.2, 0.25) is 0 Å². The molecule has 1 aromatic carbocycles. The Bertz CT molecular complexity index is 980. The molecule has 5 rings (SSSR count). The zero-order valence-electron chi connectivity index (χ0n) is 13.3. The first-order valence-corrected chi connectivity index (χ1v) is 8.44. The van der Waals surface area contributed by atoms with Gasteiger partial charge in [0.15, 0.2) is 0 Å². The molecule has 4 heterocycles. The normalized spacial score (nSPS) is 22.4. The molecule has 0 radical (unpaired) electrons. The Morgan fingerprint density at radius 3 is 2.75 bits per heavy atom. The van der Waals surface area contributed by atoms with E-state index in [4.69, 9.17) is 4.98 Å². The van der Waals surface area contributed by atoms with Crippen LogP contribution in [0.5, 0.6) is 0 Å². The Morgan fingerprint density at radius 1 is 0.958 bits per heavy atom. The minimum Gasteiger partial charge on any atom is -0.354 e. The number of piperidine rings is 1. The van der Waals surface area contributed by atoms with E-state index in [9.17, 15) is 4.79 Å². The van der Waals surface area contributed by atoms with E-state index in [-0.39, 0.29) is 5.56 Å². The molecule has 0 aliphatic carbocycles. The number of nitrogens with zero attached hydrogens (tertiary/aromatic N) is 4. The summed E-state index contributed by atoms with van der Waals surface area (Å²) >= 11 is 0. The molecule has 0 amide bonds. The van der Waals surface area contributed by atoms with E-state index in [1.807, 2.05) is 41.1 Å². The number of hydrogen-bond donors (Lipinski definition) is 0. The minimum absolute atomic E-state index is 0.126. The summed E-state index contributed by atoms with van der Waals surface area (Å²) in [6.45, 7) is 2.64. The summed E-state index contributed by atoms with van der Waals surface area (Å²) in [6.07, 6.45) is 3.03. The maximum absolute atomic E-state index is 12.1. The standard InChI is InChI=1S/C19H18N4O/c24-19-7-3-6-17-14-8-13(11-23(17)19)10-22(12-14)18-9-20-15-4-1-2-5-16(15)21-18/h1-7,9,13-14H,8,10-12H2/t13-,14+/m0/s1. The monoisotopic (exact) mass is 318 g/mol. The van der Waals surface area contributed by atoms with Crippen LogP contribution in [0.1, 0.15) is 18.0 Å². The zero-order chi connectivity index (χ0) is 16.1. The van der Waals surface area contributed by atoms with Crippen molar-refractivity contribution in [2.45, 2.75) is 18.9 Å². The molecule has 1 fully saturated rings. The lowest BCUT2D eigenvalue weighted by atomic mass is 9.83. The number of hydrogen-bond acceptors (Lipinski definition) is 4. The van der Waals surface area contributed by atoms with Gasteiger partial charge in [-0.1, -0.05) is 18.2 Å². The van der Waals surface area contributed by atoms with Crippen LogP contribution >= 0.6 is 0 Å². The molecule has 24 heavy (non-hydrogen) atoms. The molecule has 2 aliphatic heterocycles.